The fourth-order valence-electron chi connectivity index (χ4n) is 2.35. The summed E-state index contributed by atoms with van der Waals surface area (Å²) < 4.78 is 2.05. The predicted molar refractivity (Wildman–Crippen MR) is 71.9 cm³/mol. The van der Waals surface area contributed by atoms with Crippen LogP contribution in [0, 0.1) is 0 Å². The van der Waals surface area contributed by atoms with Crippen LogP contribution in [0.3, 0.4) is 0 Å². The van der Waals surface area contributed by atoms with E-state index in [0.29, 0.717) is 17.8 Å². The van der Waals surface area contributed by atoms with E-state index in [0.717, 1.165) is 24.6 Å². The second-order valence-corrected chi connectivity index (χ2v) is 4.69. The molecule has 3 rings (SSSR count). The van der Waals surface area contributed by atoms with Crippen molar-refractivity contribution in [1.29, 1.82) is 0 Å². The third-order valence-electron chi connectivity index (χ3n) is 3.42. The number of hydrogen-bond donors (Lipinski definition) is 1. The molecule has 19 heavy (non-hydrogen) atoms. The lowest BCUT2D eigenvalue weighted by atomic mass is 10.1. The molecule has 1 aromatic carbocycles. The molecule has 0 saturated heterocycles. The number of nitrogens with two attached hydrogens (primary N) is 1. The minimum atomic E-state index is -0.0116. The molecule has 98 valence electrons. The lowest BCUT2D eigenvalue weighted by Crippen LogP contribution is -2.33. The van der Waals surface area contributed by atoms with Gasteiger partial charge in [-0.15, -0.1) is 10.2 Å². The van der Waals surface area contributed by atoms with E-state index in [9.17, 15) is 4.79 Å². The molecule has 0 saturated carbocycles. The van der Waals surface area contributed by atoms with Gasteiger partial charge in [0, 0.05) is 30.0 Å². The molecule has 0 unspecified atom stereocenters. The minimum absolute atomic E-state index is 0.0116. The van der Waals surface area contributed by atoms with E-state index in [4.69, 9.17) is 5.73 Å². The van der Waals surface area contributed by atoms with Gasteiger partial charge in [-0.25, -0.2) is 0 Å². The van der Waals surface area contributed by atoms with Crippen LogP contribution in [0.25, 0.3) is 0 Å². The van der Waals surface area contributed by atoms with Crippen molar-refractivity contribution in [3.63, 3.8) is 0 Å². The monoisotopic (exact) mass is 257 g/mol. The van der Waals surface area contributed by atoms with Crippen molar-refractivity contribution in [2.75, 3.05) is 17.2 Å². The highest BCUT2D eigenvalue weighted by atomic mass is 16.1. The van der Waals surface area contributed by atoms with Gasteiger partial charge in [0.2, 0.25) is 0 Å². The van der Waals surface area contributed by atoms with E-state index in [2.05, 4.69) is 15.1 Å². The molecule has 0 radical (unpaired) electrons. The van der Waals surface area contributed by atoms with Crippen molar-refractivity contribution >= 4 is 17.2 Å². The summed E-state index contributed by atoms with van der Waals surface area (Å²) in [6.45, 7) is 3.97. The smallest absolute Gasteiger partial charge is 0.161 e. The predicted octanol–water partition coefficient (Wildman–Crippen LogP) is 1.08. The zero-order chi connectivity index (χ0) is 13.4. The Hall–Kier alpha value is -2.37. The van der Waals surface area contributed by atoms with Crippen molar-refractivity contribution in [2.45, 2.75) is 20.0 Å². The van der Waals surface area contributed by atoms with Gasteiger partial charge in [-0.2, -0.15) is 0 Å². The zero-order valence-corrected chi connectivity index (χ0v) is 10.7. The zero-order valence-electron chi connectivity index (χ0n) is 10.7. The van der Waals surface area contributed by atoms with Crippen LogP contribution >= 0.6 is 0 Å². The largest absolute Gasteiger partial charge is 0.398 e. The van der Waals surface area contributed by atoms with Gasteiger partial charge in [0.05, 0.1) is 6.54 Å². The number of nitrogen functional groups attached to an aromatic ring is 1. The summed E-state index contributed by atoms with van der Waals surface area (Å²) in [4.78, 5) is 13.6. The quantitative estimate of drug-likeness (QED) is 0.643. The number of aromatic nitrogens is 3. The highest BCUT2D eigenvalue weighted by Crippen LogP contribution is 2.24. The molecular weight excluding hydrogens is 242 g/mol. The van der Waals surface area contributed by atoms with Crippen LogP contribution in [0.2, 0.25) is 0 Å². The number of nitrogens with zero attached hydrogens (tertiary/aromatic N) is 4. The van der Waals surface area contributed by atoms with Gasteiger partial charge in [0.15, 0.2) is 11.6 Å². The van der Waals surface area contributed by atoms with Crippen LogP contribution < -0.4 is 10.6 Å². The van der Waals surface area contributed by atoms with Gasteiger partial charge in [-0.1, -0.05) is 0 Å². The number of benzene rings is 1. The summed E-state index contributed by atoms with van der Waals surface area (Å²) >= 11 is 0. The van der Waals surface area contributed by atoms with E-state index in [1.807, 2.05) is 16.7 Å². The SMILES string of the molecule is CC(=O)c1ccc(N2CCn3cnnc3C2)cc1N. The van der Waals surface area contributed by atoms with Crippen LogP contribution in [-0.4, -0.2) is 27.1 Å². The Morgan fingerprint density at radius 1 is 1.37 bits per heavy atom. The molecule has 1 aromatic heterocycles. The number of ketones is 1. The van der Waals surface area contributed by atoms with Crippen molar-refractivity contribution < 1.29 is 4.79 Å². The highest BCUT2D eigenvalue weighted by molar-refractivity contribution is 5.99. The standard InChI is InChI=1S/C13H15N5O/c1-9(19)11-3-2-10(6-12(11)14)17-4-5-18-8-15-16-13(18)7-17/h2-3,6,8H,4-5,7,14H2,1H3. The van der Waals surface area contributed by atoms with Crippen molar-refractivity contribution in [1.82, 2.24) is 14.8 Å². The molecule has 0 bridgehead atoms. The van der Waals surface area contributed by atoms with Crippen LogP contribution in [0.5, 0.6) is 0 Å². The molecule has 0 fully saturated rings. The normalized spacial score (nSPS) is 14.3. The third kappa shape index (κ3) is 2.05. The molecule has 2 heterocycles. The maximum atomic E-state index is 11.4. The van der Waals surface area contributed by atoms with Crippen LogP contribution in [0.4, 0.5) is 11.4 Å². The summed E-state index contributed by atoms with van der Waals surface area (Å²) in [6.07, 6.45) is 1.75. The first-order valence-corrected chi connectivity index (χ1v) is 6.17. The summed E-state index contributed by atoms with van der Waals surface area (Å²) in [5.74, 6) is 0.933. The Kier molecular flexibility index (Phi) is 2.70. The van der Waals surface area contributed by atoms with Gasteiger partial charge in [0.1, 0.15) is 6.33 Å². The van der Waals surface area contributed by atoms with Gasteiger partial charge in [0.25, 0.3) is 0 Å². The van der Waals surface area contributed by atoms with Gasteiger partial charge >= 0.3 is 0 Å². The summed E-state index contributed by atoms with van der Waals surface area (Å²) in [6, 6.07) is 5.56. The molecule has 0 atom stereocenters. The maximum Gasteiger partial charge on any atom is 0.161 e. The summed E-state index contributed by atoms with van der Waals surface area (Å²) in [7, 11) is 0. The Balaban J connectivity index is 1.88. The van der Waals surface area contributed by atoms with Gasteiger partial charge in [-0.05, 0) is 25.1 Å². The fourth-order valence-corrected chi connectivity index (χ4v) is 2.35. The van der Waals surface area contributed by atoms with Gasteiger partial charge < -0.3 is 15.2 Å². The topological polar surface area (TPSA) is 77.0 Å². The number of rotatable bonds is 2. The Morgan fingerprint density at radius 3 is 2.95 bits per heavy atom. The average Bonchev–Trinajstić information content (AvgIpc) is 2.85. The second-order valence-electron chi connectivity index (χ2n) is 4.69. The number of Topliss-reactive ketones (excluding diaryl/α,β-unsaturated/α-hetero) is 1. The number of carbonyl (C=O) groups is 1. The highest BCUT2D eigenvalue weighted by Gasteiger charge is 2.18. The third-order valence-corrected chi connectivity index (χ3v) is 3.42. The van der Waals surface area contributed by atoms with Crippen molar-refractivity contribution in [2.24, 2.45) is 0 Å². The molecule has 0 amide bonds. The number of anilines is 2. The summed E-state index contributed by atoms with van der Waals surface area (Å²) in [5, 5.41) is 7.99. The fraction of sp³-hybridized carbons (Fsp3) is 0.308. The molecule has 2 aromatic rings. The average molecular weight is 257 g/mol. The number of hydrogen-bond acceptors (Lipinski definition) is 5. The van der Waals surface area contributed by atoms with Crippen LogP contribution in [0.15, 0.2) is 24.5 Å². The maximum absolute atomic E-state index is 11.4. The Bertz CT molecular complexity index is 634. The Morgan fingerprint density at radius 2 is 2.21 bits per heavy atom. The molecule has 6 heteroatoms. The molecule has 1 aliphatic heterocycles. The lowest BCUT2D eigenvalue weighted by Gasteiger charge is -2.29. The molecular formula is C13H15N5O. The second kappa shape index (κ2) is 4.38. The van der Waals surface area contributed by atoms with Crippen molar-refractivity contribution in [3.8, 4) is 0 Å². The van der Waals surface area contributed by atoms with E-state index in [1.54, 1.807) is 12.4 Å². The molecule has 0 spiro atoms. The van der Waals surface area contributed by atoms with E-state index in [-0.39, 0.29) is 5.78 Å². The van der Waals surface area contributed by atoms with Crippen molar-refractivity contribution in [3.05, 3.63) is 35.9 Å². The lowest BCUT2D eigenvalue weighted by molar-refractivity contribution is 0.101. The van der Waals surface area contributed by atoms with E-state index < -0.39 is 0 Å². The molecule has 6 nitrogen and oxygen atoms in total. The first kappa shape index (κ1) is 11.7. The first-order valence-electron chi connectivity index (χ1n) is 6.17. The molecule has 0 aliphatic carbocycles. The Labute approximate surface area is 110 Å². The van der Waals surface area contributed by atoms with Gasteiger partial charge in [-0.3, -0.25) is 4.79 Å². The minimum Gasteiger partial charge on any atom is -0.398 e. The van der Waals surface area contributed by atoms with E-state index >= 15 is 0 Å². The first-order chi connectivity index (χ1) is 9.15. The van der Waals surface area contributed by atoms with Crippen LogP contribution in [0.1, 0.15) is 23.1 Å². The summed E-state index contributed by atoms with van der Waals surface area (Å²) in [5.41, 5.74) is 8.03. The van der Waals surface area contributed by atoms with Crippen LogP contribution in [-0.2, 0) is 13.1 Å². The molecule has 2 N–H and O–H groups in total. The number of carbonyl (C=O) groups excluding carboxylic acids is 1. The number of fused-ring (bicyclic) bond motifs is 1. The molecule has 1 aliphatic rings. The van der Waals surface area contributed by atoms with E-state index in [1.165, 1.54) is 6.92 Å².